The molecule has 4 nitrogen and oxygen atoms in total. The van der Waals surface area contributed by atoms with Crippen LogP contribution in [0.1, 0.15) is 18.2 Å². The molecule has 0 radical (unpaired) electrons. The summed E-state index contributed by atoms with van der Waals surface area (Å²) in [6.07, 6.45) is 2.57. The molecule has 2 heterocycles. The lowest BCUT2D eigenvalue weighted by atomic mass is 10.1. The van der Waals surface area contributed by atoms with Crippen LogP contribution in [0, 0.1) is 0 Å². The van der Waals surface area contributed by atoms with Gasteiger partial charge in [0.05, 0.1) is 19.4 Å². The van der Waals surface area contributed by atoms with Crippen molar-refractivity contribution in [2.24, 2.45) is 0 Å². The van der Waals surface area contributed by atoms with Gasteiger partial charge in [0.1, 0.15) is 5.76 Å². The normalized spacial score (nSPS) is 17.2. The number of rotatable bonds is 4. The zero-order chi connectivity index (χ0) is 13.9. The van der Waals surface area contributed by atoms with Crippen molar-refractivity contribution in [1.29, 1.82) is 0 Å². The van der Waals surface area contributed by atoms with Crippen molar-refractivity contribution in [3.8, 4) is 0 Å². The van der Waals surface area contributed by atoms with Gasteiger partial charge in [0.2, 0.25) is 5.91 Å². The van der Waals surface area contributed by atoms with Crippen molar-refractivity contribution < 1.29 is 9.21 Å². The van der Waals surface area contributed by atoms with E-state index in [4.69, 9.17) is 4.42 Å². The van der Waals surface area contributed by atoms with Crippen molar-refractivity contribution >= 4 is 11.6 Å². The Morgan fingerprint density at radius 1 is 1.35 bits per heavy atom. The van der Waals surface area contributed by atoms with E-state index in [0.717, 1.165) is 17.9 Å². The largest absolute Gasteiger partial charge is 0.468 e. The third-order valence-corrected chi connectivity index (χ3v) is 3.63. The molecular formula is C16H18N2O2. The third-order valence-electron chi connectivity index (χ3n) is 3.63. The topological polar surface area (TPSA) is 45.5 Å². The Labute approximate surface area is 118 Å². The number of nitrogens with one attached hydrogen (secondary N) is 1. The molecule has 4 heteroatoms. The van der Waals surface area contributed by atoms with Crippen LogP contribution in [0.2, 0.25) is 0 Å². The first kappa shape index (κ1) is 12.9. The Kier molecular flexibility index (Phi) is 3.56. The van der Waals surface area contributed by atoms with E-state index in [1.807, 2.05) is 35.2 Å². The maximum atomic E-state index is 12.4. The fourth-order valence-electron chi connectivity index (χ4n) is 2.74. The molecule has 1 aliphatic heterocycles. The highest BCUT2D eigenvalue weighted by molar-refractivity contribution is 5.97. The van der Waals surface area contributed by atoms with E-state index in [1.54, 1.807) is 6.26 Å². The summed E-state index contributed by atoms with van der Waals surface area (Å²) in [5.41, 5.74) is 2.30. The Balaban J connectivity index is 1.62. The number of benzene rings is 1. The summed E-state index contributed by atoms with van der Waals surface area (Å²) in [5, 5.41) is 3.13. The number of nitrogens with zero attached hydrogens (tertiary/aromatic N) is 1. The van der Waals surface area contributed by atoms with Crippen LogP contribution in [0.25, 0.3) is 0 Å². The lowest BCUT2D eigenvalue weighted by Gasteiger charge is -2.22. The maximum Gasteiger partial charge on any atom is 0.241 e. The Bertz CT molecular complexity index is 592. The molecule has 1 amide bonds. The quantitative estimate of drug-likeness (QED) is 0.927. The van der Waals surface area contributed by atoms with Crippen molar-refractivity contribution in [3.05, 3.63) is 54.0 Å². The number of hydrogen-bond donors (Lipinski definition) is 1. The van der Waals surface area contributed by atoms with Gasteiger partial charge in [0, 0.05) is 11.7 Å². The van der Waals surface area contributed by atoms with Crippen LogP contribution in [0.15, 0.2) is 47.1 Å². The molecule has 0 spiro atoms. The molecule has 1 N–H and O–H groups in total. The fourth-order valence-corrected chi connectivity index (χ4v) is 2.74. The second-order valence-corrected chi connectivity index (χ2v) is 5.13. The molecule has 0 fully saturated rings. The highest BCUT2D eigenvalue weighted by atomic mass is 16.3. The summed E-state index contributed by atoms with van der Waals surface area (Å²) in [7, 11) is 0. The maximum absolute atomic E-state index is 12.4. The van der Waals surface area contributed by atoms with Gasteiger partial charge in [-0.1, -0.05) is 18.2 Å². The molecule has 0 bridgehead atoms. The summed E-state index contributed by atoms with van der Waals surface area (Å²) in [6, 6.07) is 12.1. The highest BCUT2D eigenvalue weighted by Gasteiger charge is 2.29. The number of anilines is 1. The zero-order valence-electron chi connectivity index (χ0n) is 11.5. The van der Waals surface area contributed by atoms with Crippen LogP contribution in [-0.4, -0.2) is 18.5 Å². The minimum Gasteiger partial charge on any atom is -0.468 e. The van der Waals surface area contributed by atoms with Gasteiger partial charge in [-0.15, -0.1) is 0 Å². The predicted octanol–water partition coefficient (Wildman–Crippen LogP) is 2.35. The van der Waals surface area contributed by atoms with E-state index in [2.05, 4.69) is 18.3 Å². The number of para-hydroxylation sites is 1. The van der Waals surface area contributed by atoms with Crippen LogP contribution >= 0.6 is 0 Å². The molecule has 0 aliphatic carbocycles. The van der Waals surface area contributed by atoms with E-state index < -0.39 is 0 Å². The second-order valence-electron chi connectivity index (χ2n) is 5.13. The molecule has 3 rings (SSSR count). The molecular weight excluding hydrogens is 252 g/mol. The molecule has 20 heavy (non-hydrogen) atoms. The van der Waals surface area contributed by atoms with Crippen LogP contribution in [0.3, 0.4) is 0 Å². The first-order valence-corrected chi connectivity index (χ1v) is 6.89. The monoisotopic (exact) mass is 270 g/mol. The van der Waals surface area contributed by atoms with Gasteiger partial charge in [-0.05, 0) is 37.1 Å². The van der Waals surface area contributed by atoms with Gasteiger partial charge in [0.25, 0.3) is 0 Å². The van der Waals surface area contributed by atoms with E-state index in [9.17, 15) is 4.79 Å². The Morgan fingerprint density at radius 3 is 3.00 bits per heavy atom. The average Bonchev–Trinajstić information content (AvgIpc) is 3.04. The number of carbonyl (C=O) groups is 1. The van der Waals surface area contributed by atoms with Crippen molar-refractivity contribution in [2.75, 3.05) is 11.4 Å². The third kappa shape index (κ3) is 2.47. The Hall–Kier alpha value is -2.07. The molecule has 1 atom stereocenters. The van der Waals surface area contributed by atoms with Crippen LogP contribution in [0.5, 0.6) is 0 Å². The lowest BCUT2D eigenvalue weighted by Crippen LogP contribution is -2.41. The van der Waals surface area contributed by atoms with Crippen molar-refractivity contribution in [3.63, 3.8) is 0 Å². The molecule has 1 aromatic heterocycles. The lowest BCUT2D eigenvalue weighted by molar-refractivity contribution is -0.118. The number of fused-ring (bicyclic) bond motifs is 1. The molecule has 1 aromatic carbocycles. The number of amides is 1. The summed E-state index contributed by atoms with van der Waals surface area (Å²) in [5.74, 6) is 0.946. The molecule has 104 valence electrons. The van der Waals surface area contributed by atoms with E-state index in [1.165, 1.54) is 5.56 Å². The first-order chi connectivity index (χ1) is 9.75. The van der Waals surface area contributed by atoms with Crippen LogP contribution in [0.4, 0.5) is 5.69 Å². The van der Waals surface area contributed by atoms with Crippen LogP contribution in [-0.2, 0) is 17.8 Å². The number of furan rings is 1. The van der Waals surface area contributed by atoms with Gasteiger partial charge in [-0.25, -0.2) is 0 Å². The molecule has 0 saturated heterocycles. The minimum absolute atomic E-state index is 0.106. The highest BCUT2D eigenvalue weighted by Crippen LogP contribution is 2.31. The Morgan fingerprint density at radius 2 is 2.20 bits per heavy atom. The SMILES string of the molecule is CC1Cc2ccccc2N1C(=O)CNCc1ccco1. The summed E-state index contributed by atoms with van der Waals surface area (Å²) in [6.45, 7) is 2.98. The van der Waals surface area contributed by atoms with Gasteiger partial charge in [0.15, 0.2) is 0 Å². The molecule has 0 saturated carbocycles. The van der Waals surface area contributed by atoms with Crippen LogP contribution < -0.4 is 10.2 Å². The minimum atomic E-state index is 0.106. The van der Waals surface area contributed by atoms with Gasteiger partial charge in [-0.2, -0.15) is 0 Å². The average molecular weight is 270 g/mol. The molecule has 2 aromatic rings. The van der Waals surface area contributed by atoms with Gasteiger partial charge in [-0.3, -0.25) is 4.79 Å². The van der Waals surface area contributed by atoms with Gasteiger partial charge >= 0.3 is 0 Å². The van der Waals surface area contributed by atoms with E-state index in [0.29, 0.717) is 13.1 Å². The summed E-state index contributed by atoms with van der Waals surface area (Å²) >= 11 is 0. The first-order valence-electron chi connectivity index (χ1n) is 6.89. The summed E-state index contributed by atoms with van der Waals surface area (Å²) in [4.78, 5) is 14.3. The number of carbonyl (C=O) groups excluding carboxylic acids is 1. The number of hydrogen-bond acceptors (Lipinski definition) is 3. The van der Waals surface area contributed by atoms with E-state index in [-0.39, 0.29) is 11.9 Å². The standard InChI is InChI=1S/C16H18N2O2/c1-12-9-13-5-2-3-7-15(13)18(12)16(19)11-17-10-14-6-4-8-20-14/h2-8,12,17H,9-11H2,1H3. The van der Waals surface area contributed by atoms with E-state index >= 15 is 0 Å². The van der Waals surface area contributed by atoms with Gasteiger partial charge < -0.3 is 14.6 Å². The smallest absolute Gasteiger partial charge is 0.241 e. The predicted molar refractivity (Wildman–Crippen MR) is 77.5 cm³/mol. The van der Waals surface area contributed by atoms with Crippen molar-refractivity contribution in [1.82, 2.24) is 5.32 Å². The van der Waals surface area contributed by atoms with Crippen molar-refractivity contribution in [2.45, 2.75) is 25.9 Å². The molecule has 1 aliphatic rings. The summed E-state index contributed by atoms with van der Waals surface area (Å²) < 4.78 is 5.23. The fraction of sp³-hybridized carbons (Fsp3) is 0.312. The second kappa shape index (κ2) is 5.51. The zero-order valence-corrected chi connectivity index (χ0v) is 11.5. The molecule has 1 unspecified atom stereocenters.